The van der Waals surface area contributed by atoms with Crippen LogP contribution in [0.4, 0.5) is 0 Å². The molecule has 0 aromatic carbocycles. The van der Waals surface area contributed by atoms with E-state index in [0.717, 1.165) is 36.5 Å². The lowest BCUT2D eigenvalue weighted by Gasteiger charge is -2.16. The van der Waals surface area contributed by atoms with Crippen LogP contribution in [0.5, 0.6) is 0 Å². The summed E-state index contributed by atoms with van der Waals surface area (Å²) in [5, 5.41) is 7.91. The van der Waals surface area contributed by atoms with E-state index in [0.29, 0.717) is 0 Å². The molecule has 2 rings (SSSR count). The Hall–Kier alpha value is -1.75. The smallest absolute Gasteiger partial charge is 0.145 e. The normalized spacial score (nSPS) is 12.6. The molecule has 0 saturated heterocycles. The van der Waals surface area contributed by atoms with Crippen LogP contribution in [0.15, 0.2) is 24.7 Å². The Balaban J connectivity index is 2.13. The molecule has 0 radical (unpaired) electrons. The predicted octanol–water partition coefficient (Wildman–Crippen LogP) is 1.80. The maximum atomic E-state index is 4.43. The van der Waals surface area contributed by atoms with Crippen LogP contribution in [-0.4, -0.2) is 26.3 Å². The van der Waals surface area contributed by atoms with Crippen molar-refractivity contribution in [2.75, 3.05) is 6.54 Å². The zero-order chi connectivity index (χ0) is 13.7. The lowest BCUT2D eigenvalue weighted by Crippen LogP contribution is -2.26. The quantitative estimate of drug-likeness (QED) is 0.859. The molecular weight excluding hydrogens is 238 g/mol. The van der Waals surface area contributed by atoms with E-state index in [2.05, 4.69) is 27.3 Å². The Bertz CT molecular complexity index is 503. The summed E-state index contributed by atoms with van der Waals surface area (Å²) in [6.45, 7) is 5.10. The molecule has 5 nitrogen and oxygen atoms in total. The summed E-state index contributed by atoms with van der Waals surface area (Å²) in [6, 6.07) is 2.16. The molecule has 1 unspecified atom stereocenters. The van der Waals surface area contributed by atoms with E-state index in [1.807, 2.05) is 43.3 Å². The maximum absolute atomic E-state index is 4.43. The topological polar surface area (TPSA) is 55.6 Å². The molecule has 19 heavy (non-hydrogen) atoms. The molecule has 2 heterocycles. The van der Waals surface area contributed by atoms with Gasteiger partial charge < -0.3 is 5.32 Å². The Morgan fingerprint density at radius 1 is 1.32 bits per heavy atom. The standard InChI is InChI=1S/C14H21N5/c1-4-6-15-13(8-12-5-7-19(3)18-12)14-16-9-11(2)10-17-14/h5,7,9-10,13,15H,4,6,8H2,1-3H3. The van der Waals surface area contributed by atoms with Gasteiger partial charge >= 0.3 is 0 Å². The van der Waals surface area contributed by atoms with Gasteiger partial charge in [-0.2, -0.15) is 5.10 Å². The van der Waals surface area contributed by atoms with Gasteiger partial charge in [-0.1, -0.05) is 6.92 Å². The summed E-state index contributed by atoms with van der Waals surface area (Å²) in [5.74, 6) is 0.838. The molecule has 0 fully saturated rings. The molecule has 0 amide bonds. The predicted molar refractivity (Wildman–Crippen MR) is 74.7 cm³/mol. The van der Waals surface area contributed by atoms with Gasteiger partial charge in [-0.3, -0.25) is 4.68 Å². The number of hydrogen-bond acceptors (Lipinski definition) is 4. The molecule has 0 aliphatic heterocycles. The van der Waals surface area contributed by atoms with E-state index in [1.165, 1.54) is 0 Å². The van der Waals surface area contributed by atoms with Gasteiger partial charge in [0.15, 0.2) is 0 Å². The summed E-state index contributed by atoms with van der Waals surface area (Å²) >= 11 is 0. The lowest BCUT2D eigenvalue weighted by atomic mass is 10.1. The van der Waals surface area contributed by atoms with Crippen LogP contribution in [0.25, 0.3) is 0 Å². The fourth-order valence-corrected chi connectivity index (χ4v) is 1.94. The van der Waals surface area contributed by atoms with E-state index >= 15 is 0 Å². The molecule has 102 valence electrons. The molecule has 2 aromatic heterocycles. The van der Waals surface area contributed by atoms with Crippen molar-refractivity contribution < 1.29 is 0 Å². The van der Waals surface area contributed by atoms with Crippen LogP contribution in [0, 0.1) is 6.92 Å². The summed E-state index contributed by atoms with van der Waals surface area (Å²) in [5.41, 5.74) is 2.14. The molecular formula is C14H21N5. The number of aryl methyl sites for hydroxylation is 2. The molecule has 5 heteroatoms. The number of nitrogens with one attached hydrogen (secondary N) is 1. The number of hydrogen-bond donors (Lipinski definition) is 1. The van der Waals surface area contributed by atoms with E-state index in [-0.39, 0.29) is 6.04 Å². The zero-order valence-electron chi connectivity index (χ0n) is 11.8. The van der Waals surface area contributed by atoms with Gasteiger partial charge in [0.2, 0.25) is 0 Å². The molecule has 0 aliphatic rings. The first-order valence-electron chi connectivity index (χ1n) is 6.69. The zero-order valence-corrected chi connectivity index (χ0v) is 11.8. The Labute approximate surface area is 114 Å². The summed E-state index contributed by atoms with van der Waals surface area (Å²) in [7, 11) is 1.93. The van der Waals surface area contributed by atoms with Gasteiger partial charge in [0.25, 0.3) is 0 Å². The minimum Gasteiger partial charge on any atom is -0.307 e. The van der Waals surface area contributed by atoms with E-state index in [1.54, 1.807) is 0 Å². The molecule has 0 spiro atoms. The maximum Gasteiger partial charge on any atom is 0.145 e. The average Bonchev–Trinajstić information content (AvgIpc) is 2.81. The average molecular weight is 259 g/mol. The van der Waals surface area contributed by atoms with Gasteiger partial charge in [-0.25, -0.2) is 9.97 Å². The third kappa shape index (κ3) is 3.86. The van der Waals surface area contributed by atoms with Crippen LogP contribution in [0.3, 0.4) is 0 Å². The molecule has 1 atom stereocenters. The highest BCUT2D eigenvalue weighted by Gasteiger charge is 2.15. The summed E-state index contributed by atoms with van der Waals surface area (Å²) < 4.78 is 1.82. The molecule has 0 aliphatic carbocycles. The van der Waals surface area contributed by atoms with Crippen LogP contribution < -0.4 is 5.32 Å². The minimum atomic E-state index is 0.121. The molecule has 0 bridgehead atoms. The number of aromatic nitrogens is 4. The Morgan fingerprint density at radius 3 is 2.63 bits per heavy atom. The number of rotatable bonds is 6. The van der Waals surface area contributed by atoms with Crippen molar-refractivity contribution in [3.05, 3.63) is 41.7 Å². The van der Waals surface area contributed by atoms with Crippen molar-refractivity contribution in [1.82, 2.24) is 25.1 Å². The second-order valence-corrected chi connectivity index (χ2v) is 4.81. The minimum absolute atomic E-state index is 0.121. The van der Waals surface area contributed by atoms with Crippen molar-refractivity contribution >= 4 is 0 Å². The van der Waals surface area contributed by atoms with Gasteiger partial charge in [0.1, 0.15) is 5.82 Å². The molecule has 1 N–H and O–H groups in total. The van der Waals surface area contributed by atoms with Crippen molar-refractivity contribution in [1.29, 1.82) is 0 Å². The Morgan fingerprint density at radius 2 is 2.05 bits per heavy atom. The molecule has 0 saturated carbocycles. The van der Waals surface area contributed by atoms with E-state index in [9.17, 15) is 0 Å². The first-order chi connectivity index (χ1) is 9.19. The fraction of sp³-hybridized carbons (Fsp3) is 0.500. The second-order valence-electron chi connectivity index (χ2n) is 4.81. The monoisotopic (exact) mass is 259 g/mol. The van der Waals surface area contributed by atoms with Crippen molar-refractivity contribution in [2.24, 2.45) is 7.05 Å². The highest BCUT2D eigenvalue weighted by molar-refractivity contribution is 5.09. The van der Waals surface area contributed by atoms with Crippen molar-refractivity contribution in [2.45, 2.75) is 32.7 Å². The first kappa shape index (κ1) is 13.7. The van der Waals surface area contributed by atoms with E-state index < -0.39 is 0 Å². The first-order valence-corrected chi connectivity index (χ1v) is 6.69. The lowest BCUT2D eigenvalue weighted by molar-refractivity contribution is 0.497. The van der Waals surface area contributed by atoms with Crippen LogP contribution in [-0.2, 0) is 13.5 Å². The summed E-state index contributed by atoms with van der Waals surface area (Å²) in [4.78, 5) is 8.85. The van der Waals surface area contributed by atoms with Gasteiger partial charge in [-0.05, 0) is 31.5 Å². The SMILES string of the molecule is CCCNC(Cc1ccn(C)n1)c1ncc(C)cn1. The van der Waals surface area contributed by atoms with Gasteiger partial charge in [-0.15, -0.1) is 0 Å². The van der Waals surface area contributed by atoms with Crippen molar-refractivity contribution in [3.63, 3.8) is 0 Å². The van der Waals surface area contributed by atoms with Crippen LogP contribution >= 0.6 is 0 Å². The van der Waals surface area contributed by atoms with Crippen LogP contribution in [0.1, 0.15) is 36.5 Å². The Kier molecular flexibility index (Phi) is 4.63. The van der Waals surface area contributed by atoms with Crippen molar-refractivity contribution in [3.8, 4) is 0 Å². The van der Waals surface area contributed by atoms with Gasteiger partial charge in [0, 0.05) is 32.1 Å². The van der Waals surface area contributed by atoms with Gasteiger partial charge in [0.05, 0.1) is 11.7 Å². The third-order valence-electron chi connectivity index (χ3n) is 2.94. The highest BCUT2D eigenvalue weighted by Crippen LogP contribution is 2.13. The largest absolute Gasteiger partial charge is 0.307 e. The number of nitrogens with zero attached hydrogens (tertiary/aromatic N) is 4. The van der Waals surface area contributed by atoms with Crippen LogP contribution in [0.2, 0.25) is 0 Å². The highest BCUT2D eigenvalue weighted by atomic mass is 15.2. The second kappa shape index (κ2) is 6.43. The van der Waals surface area contributed by atoms with E-state index in [4.69, 9.17) is 0 Å². The third-order valence-corrected chi connectivity index (χ3v) is 2.94. The summed E-state index contributed by atoms with van der Waals surface area (Å²) in [6.07, 6.45) is 7.58. The molecule has 2 aromatic rings. The fourth-order valence-electron chi connectivity index (χ4n) is 1.94.